The number of fused-ring (bicyclic) bond motifs is 1. The highest BCUT2D eigenvalue weighted by Crippen LogP contribution is 2.40. The topological polar surface area (TPSA) is 138 Å². The van der Waals surface area contributed by atoms with Crippen molar-refractivity contribution < 1.29 is 23.4 Å². The van der Waals surface area contributed by atoms with Crippen LogP contribution in [0, 0.1) is 5.82 Å². The third-order valence-corrected chi connectivity index (χ3v) is 6.31. The van der Waals surface area contributed by atoms with Gasteiger partial charge in [-0.2, -0.15) is 10.2 Å². The van der Waals surface area contributed by atoms with Crippen LogP contribution in [0.2, 0.25) is 0 Å². The van der Waals surface area contributed by atoms with Crippen molar-refractivity contribution in [1.82, 2.24) is 34.8 Å². The Morgan fingerprint density at radius 2 is 1.82 bits per heavy atom. The second kappa shape index (κ2) is 11.3. The van der Waals surface area contributed by atoms with Crippen LogP contribution in [0.25, 0.3) is 22.3 Å². The zero-order chi connectivity index (χ0) is 28.2. The van der Waals surface area contributed by atoms with Crippen LogP contribution in [-0.4, -0.2) is 63.3 Å². The molecule has 0 saturated heterocycles. The molecule has 1 amide bonds. The fourth-order valence-electron chi connectivity index (χ4n) is 4.27. The minimum Gasteiger partial charge on any atom is -0.493 e. The standard InChI is InChI=1S/C27H26FN7O5/c1-38-22-10-17(11-23(39-2)24(22)40-3)20-12-21(33-32-20)26(36)29-8-9-35-25-18(13-31-35)27(37)34(15-30-25)14-16-6-4-5-7-19(16)28/h4-7,10-13,15H,8-9,14H2,1-3H3,(H,29,36)(H,32,33). The van der Waals surface area contributed by atoms with Crippen LogP contribution in [0.3, 0.4) is 0 Å². The van der Waals surface area contributed by atoms with Crippen molar-refractivity contribution in [2.75, 3.05) is 27.9 Å². The molecule has 0 atom stereocenters. The van der Waals surface area contributed by atoms with Gasteiger partial charge in [0, 0.05) is 17.7 Å². The number of hydrogen-bond acceptors (Lipinski definition) is 8. The van der Waals surface area contributed by atoms with Gasteiger partial charge in [-0.15, -0.1) is 0 Å². The van der Waals surface area contributed by atoms with Gasteiger partial charge in [0.05, 0.1) is 46.3 Å². The summed E-state index contributed by atoms with van der Waals surface area (Å²) >= 11 is 0. The minimum absolute atomic E-state index is 0.0535. The van der Waals surface area contributed by atoms with Crippen LogP contribution >= 0.6 is 0 Å². The van der Waals surface area contributed by atoms with Gasteiger partial charge in [-0.25, -0.2) is 14.1 Å². The van der Waals surface area contributed by atoms with E-state index in [9.17, 15) is 14.0 Å². The molecule has 0 spiro atoms. The molecule has 13 heteroatoms. The van der Waals surface area contributed by atoms with Crippen LogP contribution in [0.5, 0.6) is 17.2 Å². The number of aromatic nitrogens is 6. The molecule has 2 aromatic carbocycles. The van der Waals surface area contributed by atoms with Gasteiger partial charge in [-0.05, 0) is 24.3 Å². The van der Waals surface area contributed by atoms with Crippen molar-refractivity contribution in [3.05, 3.63) is 82.4 Å². The number of H-pyrrole nitrogens is 1. The lowest BCUT2D eigenvalue weighted by molar-refractivity contribution is 0.0947. The third kappa shape index (κ3) is 5.08. The van der Waals surface area contributed by atoms with E-state index in [1.807, 2.05) is 0 Å². The highest BCUT2D eigenvalue weighted by Gasteiger charge is 2.18. The van der Waals surface area contributed by atoms with E-state index >= 15 is 0 Å². The molecule has 2 N–H and O–H groups in total. The number of carbonyl (C=O) groups excluding carboxylic acids is 1. The van der Waals surface area contributed by atoms with E-state index in [2.05, 4.69) is 25.6 Å². The first kappa shape index (κ1) is 26.4. The van der Waals surface area contributed by atoms with Gasteiger partial charge >= 0.3 is 0 Å². The Morgan fingerprint density at radius 3 is 2.52 bits per heavy atom. The van der Waals surface area contributed by atoms with Gasteiger partial charge in [0.1, 0.15) is 23.2 Å². The number of nitrogens with zero attached hydrogens (tertiary/aromatic N) is 5. The number of benzene rings is 2. The molecule has 3 heterocycles. The highest BCUT2D eigenvalue weighted by atomic mass is 19.1. The molecule has 5 aromatic rings. The van der Waals surface area contributed by atoms with E-state index in [0.717, 1.165) is 0 Å². The summed E-state index contributed by atoms with van der Waals surface area (Å²) in [6.07, 6.45) is 2.78. The quantitative estimate of drug-likeness (QED) is 0.272. The normalized spacial score (nSPS) is 11.0. The van der Waals surface area contributed by atoms with E-state index < -0.39 is 5.82 Å². The van der Waals surface area contributed by atoms with E-state index in [4.69, 9.17) is 14.2 Å². The zero-order valence-corrected chi connectivity index (χ0v) is 22.0. The zero-order valence-electron chi connectivity index (χ0n) is 22.0. The summed E-state index contributed by atoms with van der Waals surface area (Å²) in [5, 5.41) is 14.3. The van der Waals surface area contributed by atoms with E-state index in [1.54, 1.807) is 36.4 Å². The van der Waals surface area contributed by atoms with Gasteiger partial charge in [0.2, 0.25) is 5.75 Å². The Kier molecular flexibility index (Phi) is 7.44. The van der Waals surface area contributed by atoms with E-state index in [0.29, 0.717) is 45.1 Å². The summed E-state index contributed by atoms with van der Waals surface area (Å²) in [5.74, 6) is 0.610. The number of halogens is 1. The number of methoxy groups -OCH3 is 3. The Bertz CT molecular complexity index is 1720. The van der Waals surface area contributed by atoms with Crippen molar-refractivity contribution in [2.24, 2.45) is 0 Å². The fraction of sp³-hybridized carbons (Fsp3) is 0.222. The minimum atomic E-state index is -0.395. The van der Waals surface area contributed by atoms with Gasteiger partial charge in [-0.1, -0.05) is 18.2 Å². The summed E-state index contributed by atoms with van der Waals surface area (Å²) in [4.78, 5) is 30.0. The van der Waals surface area contributed by atoms with Crippen LogP contribution in [0.4, 0.5) is 4.39 Å². The molecule has 5 rings (SSSR count). The maximum absolute atomic E-state index is 14.0. The van der Waals surface area contributed by atoms with Crippen molar-refractivity contribution in [3.63, 3.8) is 0 Å². The monoisotopic (exact) mass is 547 g/mol. The molecular weight excluding hydrogens is 521 g/mol. The van der Waals surface area contributed by atoms with Crippen molar-refractivity contribution in [3.8, 4) is 28.5 Å². The third-order valence-electron chi connectivity index (χ3n) is 6.31. The summed E-state index contributed by atoms with van der Waals surface area (Å²) < 4.78 is 33.0. The molecular formula is C27H26FN7O5. The van der Waals surface area contributed by atoms with Gasteiger partial charge in [0.15, 0.2) is 17.1 Å². The molecule has 0 aliphatic carbocycles. The number of ether oxygens (including phenoxy) is 3. The first-order valence-corrected chi connectivity index (χ1v) is 12.2. The van der Waals surface area contributed by atoms with E-state index in [-0.39, 0.29) is 36.8 Å². The molecule has 3 aromatic heterocycles. The lowest BCUT2D eigenvalue weighted by Crippen LogP contribution is -2.28. The molecule has 0 unspecified atom stereocenters. The molecule has 40 heavy (non-hydrogen) atoms. The smallest absolute Gasteiger partial charge is 0.269 e. The number of hydrogen-bond donors (Lipinski definition) is 2. The van der Waals surface area contributed by atoms with Crippen molar-refractivity contribution in [2.45, 2.75) is 13.1 Å². The van der Waals surface area contributed by atoms with Crippen LogP contribution < -0.4 is 25.1 Å². The molecule has 206 valence electrons. The number of rotatable bonds is 10. The number of nitrogens with one attached hydrogen (secondary N) is 2. The first-order chi connectivity index (χ1) is 19.4. The Balaban J connectivity index is 1.25. The number of carbonyl (C=O) groups is 1. The van der Waals surface area contributed by atoms with Gasteiger partial charge < -0.3 is 19.5 Å². The van der Waals surface area contributed by atoms with Crippen LogP contribution in [0.1, 0.15) is 16.1 Å². The SMILES string of the molecule is COc1cc(-c2cc(C(=O)NCCn3ncc4c(=O)n(Cc5ccccc5F)cnc43)[nH]n2)cc(OC)c1OC. The molecule has 12 nitrogen and oxygen atoms in total. The molecule has 0 saturated carbocycles. The molecule has 0 fully saturated rings. The molecule has 0 aliphatic heterocycles. The van der Waals surface area contributed by atoms with Crippen LogP contribution in [0.15, 0.2) is 59.8 Å². The van der Waals surface area contributed by atoms with Gasteiger partial charge in [0.25, 0.3) is 11.5 Å². The largest absolute Gasteiger partial charge is 0.493 e. The number of amides is 1. The maximum Gasteiger partial charge on any atom is 0.269 e. The Labute approximate surface area is 227 Å². The van der Waals surface area contributed by atoms with Crippen molar-refractivity contribution >= 4 is 16.9 Å². The van der Waals surface area contributed by atoms with E-state index in [1.165, 1.54) is 49.2 Å². The second-order valence-corrected chi connectivity index (χ2v) is 8.71. The second-order valence-electron chi connectivity index (χ2n) is 8.71. The maximum atomic E-state index is 14.0. The molecule has 0 bridgehead atoms. The van der Waals surface area contributed by atoms with Crippen LogP contribution in [-0.2, 0) is 13.1 Å². The summed E-state index contributed by atoms with van der Waals surface area (Å²) in [5.41, 5.74) is 1.85. The summed E-state index contributed by atoms with van der Waals surface area (Å²) in [6, 6.07) is 11.3. The molecule has 0 radical (unpaired) electrons. The summed E-state index contributed by atoms with van der Waals surface area (Å²) in [6.45, 7) is 0.541. The van der Waals surface area contributed by atoms with Gasteiger partial charge in [-0.3, -0.25) is 19.3 Å². The lowest BCUT2D eigenvalue weighted by Gasteiger charge is -2.13. The first-order valence-electron chi connectivity index (χ1n) is 12.2. The Morgan fingerprint density at radius 1 is 1.07 bits per heavy atom. The predicted octanol–water partition coefficient (Wildman–Crippen LogP) is 2.63. The van der Waals surface area contributed by atoms with Crippen molar-refractivity contribution in [1.29, 1.82) is 0 Å². The Hall–Kier alpha value is -5.20. The average Bonchev–Trinajstić information content (AvgIpc) is 3.63. The lowest BCUT2D eigenvalue weighted by atomic mass is 10.1. The average molecular weight is 548 g/mol. The predicted molar refractivity (Wildman–Crippen MR) is 143 cm³/mol. The fourth-order valence-corrected chi connectivity index (χ4v) is 4.27. The summed E-state index contributed by atoms with van der Waals surface area (Å²) in [7, 11) is 4.55. The number of aromatic amines is 1. The highest BCUT2D eigenvalue weighted by molar-refractivity contribution is 5.93. The molecule has 0 aliphatic rings.